The molecule has 0 spiro atoms. The van der Waals surface area contributed by atoms with Crippen LogP contribution in [-0.2, 0) is 26.3 Å². The molecule has 10 nitrogen and oxygen atoms in total. The fourth-order valence-corrected chi connectivity index (χ4v) is 10.6. The lowest BCUT2D eigenvalue weighted by atomic mass is 9.53. The minimum Gasteiger partial charge on any atom is -0.388 e. The smallest absolute Gasteiger partial charge is 0.380 e. The van der Waals surface area contributed by atoms with E-state index in [9.17, 15) is 23.1 Å². The molecule has 0 unspecified atom stereocenters. The van der Waals surface area contributed by atoms with E-state index in [4.69, 9.17) is 9.32 Å². The largest absolute Gasteiger partial charge is 0.388 e. The summed E-state index contributed by atoms with van der Waals surface area (Å²) in [7, 11) is -4.06. The van der Waals surface area contributed by atoms with Gasteiger partial charge in [0.2, 0.25) is 11.8 Å². The Labute approximate surface area is 281 Å². The van der Waals surface area contributed by atoms with E-state index < -0.39 is 21.9 Å². The van der Waals surface area contributed by atoms with Gasteiger partial charge < -0.3 is 19.5 Å². The van der Waals surface area contributed by atoms with Crippen LogP contribution in [0.2, 0.25) is 0 Å². The highest BCUT2D eigenvalue weighted by molar-refractivity contribution is 7.84. The van der Waals surface area contributed by atoms with Crippen LogP contribution in [0.3, 0.4) is 0 Å². The number of aryl methyl sites for hydroxylation is 1. The molecule has 4 aliphatic carbocycles. The molecule has 1 saturated heterocycles. The summed E-state index contributed by atoms with van der Waals surface area (Å²) in [5.41, 5.74) is 1.46. The molecule has 47 heavy (non-hydrogen) atoms. The van der Waals surface area contributed by atoms with Crippen LogP contribution in [0.5, 0.6) is 5.75 Å². The van der Waals surface area contributed by atoms with Crippen molar-refractivity contribution in [3.05, 3.63) is 29.3 Å². The highest BCUT2D eigenvalue weighted by Gasteiger charge is 2.61. The van der Waals surface area contributed by atoms with Gasteiger partial charge >= 0.3 is 10.3 Å². The standard InChI is InChI=1S/C36H56N4O6S/c1-24(2)33(38-32(41)13-8-25-6-4-5-7-25)34(42)40-20-18-39(19-21-40)23-36(43)17-15-31-30-11-9-26-22-27(46-47(37,44)45)10-12-28(26)29(30)14-16-35(31,36)3/h10,12,22,24-25,29-31,33,43H,4-9,11,13-21,23H2,1-3H3,(H,38,41)(H2,37,44,45)/t29-,30-,31+,33+,35+,36-/m1/s1. The molecule has 1 heterocycles. The maximum Gasteiger partial charge on any atom is 0.380 e. The van der Waals surface area contributed by atoms with Crippen molar-refractivity contribution < 1.29 is 27.3 Å². The van der Waals surface area contributed by atoms with E-state index >= 15 is 0 Å². The molecule has 0 aromatic heterocycles. The third-order valence-corrected chi connectivity index (χ3v) is 13.3. The van der Waals surface area contributed by atoms with Crippen LogP contribution in [0.25, 0.3) is 0 Å². The van der Waals surface area contributed by atoms with Crippen molar-refractivity contribution in [2.24, 2.45) is 34.2 Å². The highest BCUT2D eigenvalue weighted by Crippen LogP contribution is 2.64. The molecule has 11 heteroatoms. The second-order valence-corrected chi connectivity index (χ2v) is 17.1. The molecular formula is C36H56N4O6S. The number of nitrogens with two attached hydrogens (primary N) is 1. The number of hydrogen-bond donors (Lipinski definition) is 3. The summed E-state index contributed by atoms with van der Waals surface area (Å²) in [5.74, 6) is 2.25. The monoisotopic (exact) mass is 672 g/mol. The van der Waals surface area contributed by atoms with E-state index in [2.05, 4.69) is 17.1 Å². The van der Waals surface area contributed by atoms with Crippen molar-refractivity contribution >= 4 is 22.1 Å². The zero-order valence-corrected chi connectivity index (χ0v) is 29.4. The van der Waals surface area contributed by atoms with Crippen molar-refractivity contribution in [1.82, 2.24) is 15.1 Å². The van der Waals surface area contributed by atoms with E-state index in [1.54, 1.807) is 6.07 Å². The van der Waals surface area contributed by atoms with Gasteiger partial charge in [-0.25, -0.2) is 0 Å². The molecule has 0 bridgehead atoms. The second kappa shape index (κ2) is 13.6. The molecule has 1 aliphatic heterocycles. The minimum absolute atomic E-state index is 0.00849. The third kappa shape index (κ3) is 7.24. The molecule has 1 aromatic carbocycles. The van der Waals surface area contributed by atoms with E-state index in [0.29, 0.717) is 49.7 Å². The normalized spacial score (nSPS) is 32.0. The Bertz CT molecular complexity index is 1420. The van der Waals surface area contributed by atoms with Gasteiger partial charge in [0.1, 0.15) is 11.8 Å². The Hall–Kier alpha value is -2.21. The predicted molar refractivity (Wildman–Crippen MR) is 181 cm³/mol. The number of piperazine rings is 1. The Kier molecular flexibility index (Phi) is 10.0. The number of nitrogens with zero attached hydrogens (tertiary/aromatic N) is 2. The van der Waals surface area contributed by atoms with E-state index in [0.717, 1.165) is 63.6 Å². The van der Waals surface area contributed by atoms with Crippen molar-refractivity contribution in [3.8, 4) is 5.75 Å². The summed E-state index contributed by atoms with van der Waals surface area (Å²) in [5, 5.41) is 20.5. The fourth-order valence-electron chi connectivity index (χ4n) is 10.2. The quantitative estimate of drug-likeness (QED) is 0.340. The first-order valence-electron chi connectivity index (χ1n) is 18.1. The Morgan fingerprint density at radius 1 is 1.06 bits per heavy atom. The van der Waals surface area contributed by atoms with Gasteiger partial charge in [-0.15, -0.1) is 0 Å². The van der Waals surface area contributed by atoms with Gasteiger partial charge in [-0.05, 0) is 97.8 Å². The molecule has 3 saturated carbocycles. The summed E-state index contributed by atoms with van der Waals surface area (Å²) >= 11 is 0. The Morgan fingerprint density at radius 2 is 1.79 bits per heavy atom. The average Bonchev–Trinajstić information content (AvgIpc) is 3.63. The van der Waals surface area contributed by atoms with Gasteiger partial charge in [0, 0.05) is 44.6 Å². The lowest BCUT2D eigenvalue weighted by molar-refractivity contribution is -0.141. The van der Waals surface area contributed by atoms with Crippen LogP contribution in [0.1, 0.15) is 108 Å². The first-order valence-corrected chi connectivity index (χ1v) is 19.6. The van der Waals surface area contributed by atoms with Gasteiger partial charge in [0.15, 0.2) is 0 Å². The number of carbonyl (C=O) groups is 2. The number of carbonyl (C=O) groups excluding carboxylic acids is 2. The Balaban J connectivity index is 1.03. The zero-order valence-electron chi connectivity index (χ0n) is 28.6. The summed E-state index contributed by atoms with van der Waals surface area (Å²) in [4.78, 5) is 30.6. The second-order valence-electron chi connectivity index (χ2n) is 16.0. The molecule has 0 radical (unpaired) electrons. The van der Waals surface area contributed by atoms with Crippen LogP contribution in [-0.4, -0.2) is 79.5 Å². The molecule has 1 aromatic rings. The Morgan fingerprint density at radius 3 is 2.47 bits per heavy atom. The van der Waals surface area contributed by atoms with Crippen LogP contribution >= 0.6 is 0 Å². The number of hydrogen-bond acceptors (Lipinski definition) is 7. The first-order chi connectivity index (χ1) is 22.3. The number of fused-ring (bicyclic) bond motifs is 5. The van der Waals surface area contributed by atoms with Crippen LogP contribution in [0, 0.1) is 29.1 Å². The molecule has 262 valence electrons. The summed E-state index contributed by atoms with van der Waals surface area (Å²) in [6.45, 7) is 9.59. The summed E-state index contributed by atoms with van der Waals surface area (Å²) in [6.07, 6.45) is 12.0. The molecule has 2 amide bonds. The van der Waals surface area contributed by atoms with Crippen molar-refractivity contribution in [2.45, 2.75) is 115 Å². The van der Waals surface area contributed by atoms with Gasteiger partial charge in [-0.2, -0.15) is 13.6 Å². The number of benzene rings is 1. The van der Waals surface area contributed by atoms with Gasteiger partial charge in [0.05, 0.1) is 5.60 Å². The molecule has 4 N–H and O–H groups in total. The number of rotatable bonds is 10. The maximum atomic E-state index is 13.6. The maximum absolute atomic E-state index is 13.6. The lowest BCUT2D eigenvalue weighted by Crippen LogP contribution is -2.60. The van der Waals surface area contributed by atoms with E-state index in [1.165, 1.54) is 31.2 Å². The summed E-state index contributed by atoms with van der Waals surface area (Å²) < 4.78 is 27.8. The number of β-amino-alcohol motifs (C(OH)–C–C–N with tert-alkyl or cyclic N) is 1. The third-order valence-electron chi connectivity index (χ3n) is 12.9. The number of aliphatic hydroxyl groups is 1. The summed E-state index contributed by atoms with van der Waals surface area (Å²) in [6, 6.07) is 5.06. The average molecular weight is 673 g/mol. The first kappa shape index (κ1) is 34.6. The number of nitrogens with one attached hydrogen (secondary N) is 1. The lowest BCUT2D eigenvalue weighted by Gasteiger charge is -2.54. The van der Waals surface area contributed by atoms with Crippen molar-refractivity contribution in [1.29, 1.82) is 0 Å². The predicted octanol–water partition coefficient (Wildman–Crippen LogP) is 4.11. The van der Waals surface area contributed by atoms with Gasteiger partial charge in [-0.1, -0.05) is 52.5 Å². The molecular weight excluding hydrogens is 616 g/mol. The highest BCUT2D eigenvalue weighted by atomic mass is 32.2. The molecule has 6 atom stereocenters. The minimum atomic E-state index is -4.06. The topological polar surface area (TPSA) is 142 Å². The number of amides is 2. The van der Waals surface area contributed by atoms with Crippen LogP contribution in [0.4, 0.5) is 0 Å². The molecule has 6 rings (SSSR count). The van der Waals surface area contributed by atoms with Crippen LogP contribution in [0.15, 0.2) is 18.2 Å². The van der Waals surface area contributed by atoms with Crippen molar-refractivity contribution in [3.63, 3.8) is 0 Å². The fraction of sp³-hybridized carbons (Fsp3) is 0.778. The van der Waals surface area contributed by atoms with Crippen LogP contribution < -0.4 is 14.6 Å². The molecule has 4 fully saturated rings. The van der Waals surface area contributed by atoms with E-state index in [1.807, 2.05) is 30.9 Å². The molecule has 5 aliphatic rings. The van der Waals surface area contributed by atoms with Gasteiger partial charge in [-0.3, -0.25) is 14.5 Å². The van der Waals surface area contributed by atoms with Crippen molar-refractivity contribution in [2.75, 3.05) is 32.7 Å². The zero-order chi connectivity index (χ0) is 33.6. The van der Waals surface area contributed by atoms with Gasteiger partial charge in [0.25, 0.3) is 0 Å². The SMILES string of the molecule is CC(C)[C@H](NC(=O)CCC1CCCC1)C(=O)N1CCN(C[C@]2(O)CC[C@H]3[C@@H]4CCc5cc(OS(N)(=O)=O)ccc5[C@H]4CC[C@@]32C)CC1. The van der Waals surface area contributed by atoms with E-state index in [-0.39, 0.29) is 28.9 Å².